The van der Waals surface area contributed by atoms with Gasteiger partial charge in [0.25, 0.3) is 0 Å². The van der Waals surface area contributed by atoms with Gasteiger partial charge in [-0.1, -0.05) is 19.4 Å². The number of carbonyl (C=O) groups excluding carboxylic acids is 1. The van der Waals surface area contributed by atoms with Crippen molar-refractivity contribution in [2.75, 3.05) is 4.90 Å². The lowest BCUT2D eigenvalue weighted by Gasteiger charge is -2.26. The summed E-state index contributed by atoms with van der Waals surface area (Å²) < 4.78 is 11.4. The molecule has 0 aromatic carbocycles. The second-order valence-electron chi connectivity index (χ2n) is 7.21. The topological polar surface area (TPSA) is 42.4 Å². The number of hydrogen-bond acceptors (Lipinski definition) is 6. The predicted octanol–water partition coefficient (Wildman–Crippen LogP) is 6.62. The van der Waals surface area contributed by atoms with Gasteiger partial charge in [0.05, 0.1) is 11.2 Å². The summed E-state index contributed by atoms with van der Waals surface area (Å²) in [5, 5.41) is 2.91. The summed E-state index contributed by atoms with van der Waals surface area (Å²) in [5.74, 6) is 0. The zero-order valence-corrected chi connectivity index (χ0v) is 18.2. The van der Waals surface area contributed by atoms with Gasteiger partial charge in [-0.3, -0.25) is 4.90 Å². The molecule has 0 spiro atoms. The van der Waals surface area contributed by atoms with Gasteiger partial charge in [-0.15, -0.1) is 22.7 Å². The standard InChI is InChI=1S/C19H24N2O2S3/c1-6-8-14-12(2)15-16(25-14)17(26-20-15)21(11-13-9-7-10-24-13)18(22)23-19(3,4)5/h7,9-10H,6,8,11H2,1-5H3. The Hall–Kier alpha value is -1.44. The zero-order valence-electron chi connectivity index (χ0n) is 15.8. The van der Waals surface area contributed by atoms with Gasteiger partial charge in [0.15, 0.2) is 0 Å². The Morgan fingerprint density at radius 3 is 2.73 bits per heavy atom. The molecule has 0 radical (unpaired) electrons. The highest BCUT2D eigenvalue weighted by Crippen LogP contribution is 2.41. The third kappa shape index (κ3) is 4.10. The molecule has 3 heterocycles. The van der Waals surface area contributed by atoms with E-state index in [1.54, 1.807) is 27.6 Å². The maximum absolute atomic E-state index is 12.9. The number of nitrogens with zero attached hydrogens (tertiary/aromatic N) is 2. The minimum Gasteiger partial charge on any atom is -0.443 e. The lowest BCUT2D eigenvalue weighted by Crippen LogP contribution is -2.36. The van der Waals surface area contributed by atoms with Gasteiger partial charge in [0, 0.05) is 9.75 Å². The van der Waals surface area contributed by atoms with Gasteiger partial charge in [0.1, 0.15) is 16.1 Å². The second kappa shape index (κ2) is 7.66. The van der Waals surface area contributed by atoms with Gasteiger partial charge >= 0.3 is 6.09 Å². The second-order valence-corrected chi connectivity index (χ2v) is 10.1. The van der Waals surface area contributed by atoms with Crippen LogP contribution in [-0.2, 0) is 17.7 Å². The third-order valence-electron chi connectivity index (χ3n) is 3.86. The van der Waals surface area contributed by atoms with Crippen molar-refractivity contribution >= 4 is 55.5 Å². The third-order valence-corrected chi connectivity index (χ3v) is 7.07. The van der Waals surface area contributed by atoms with Crippen molar-refractivity contribution in [3.63, 3.8) is 0 Å². The zero-order chi connectivity index (χ0) is 18.9. The molecule has 140 valence electrons. The Morgan fingerprint density at radius 2 is 2.12 bits per heavy atom. The first-order chi connectivity index (χ1) is 12.3. The molecule has 3 aromatic rings. The molecular formula is C19H24N2O2S3. The van der Waals surface area contributed by atoms with E-state index in [-0.39, 0.29) is 6.09 Å². The lowest BCUT2D eigenvalue weighted by molar-refractivity contribution is 0.0579. The van der Waals surface area contributed by atoms with Gasteiger partial charge < -0.3 is 4.74 Å². The van der Waals surface area contributed by atoms with Crippen molar-refractivity contribution in [3.05, 3.63) is 32.8 Å². The van der Waals surface area contributed by atoms with Crippen molar-refractivity contribution in [1.29, 1.82) is 0 Å². The maximum atomic E-state index is 12.9. The van der Waals surface area contributed by atoms with Crippen LogP contribution in [0.3, 0.4) is 0 Å². The Kier molecular flexibility index (Phi) is 5.69. The molecule has 0 aliphatic heterocycles. The van der Waals surface area contributed by atoms with Crippen LogP contribution in [-0.4, -0.2) is 16.1 Å². The number of fused-ring (bicyclic) bond motifs is 1. The van der Waals surface area contributed by atoms with E-state index in [9.17, 15) is 4.79 Å². The molecular weight excluding hydrogens is 384 g/mol. The minimum atomic E-state index is -0.534. The smallest absolute Gasteiger partial charge is 0.415 e. The Morgan fingerprint density at radius 1 is 1.35 bits per heavy atom. The first-order valence-corrected chi connectivity index (χ1v) is 11.2. The van der Waals surface area contributed by atoms with Crippen LogP contribution in [0.15, 0.2) is 17.5 Å². The lowest BCUT2D eigenvalue weighted by atomic mass is 10.2. The normalized spacial score (nSPS) is 11.9. The number of carbonyl (C=O) groups is 1. The summed E-state index contributed by atoms with van der Waals surface area (Å²) in [5.41, 5.74) is 1.74. The fourth-order valence-corrected chi connectivity index (χ4v) is 5.77. The number of hydrogen-bond donors (Lipinski definition) is 0. The largest absolute Gasteiger partial charge is 0.443 e. The summed E-state index contributed by atoms with van der Waals surface area (Å²) in [6.07, 6.45) is 1.83. The van der Waals surface area contributed by atoms with Crippen LogP contribution in [0.4, 0.5) is 9.80 Å². The van der Waals surface area contributed by atoms with E-state index in [2.05, 4.69) is 18.2 Å². The van der Waals surface area contributed by atoms with Crippen LogP contribution in [0.1, 0.15) is 49.4 Å². The molecule has 7 heteroatoms. The molecule has 3 aromatic heterocycles. The molecule has 0 aliphatic carbocycles. The molecule has 0 fully saturated rings. The van der Waals surface area contributed by atoms with Crippen LogP contribution in [0.5, 0.6) is 0 Å². The predicted molar refractivity (Wildman–Crippen MR) is 113 cm³/mol. The van der Waals surface area contributed by atoms with Gasteiger partial charge in [-0.25, -0.2) is 4.79 Å². The minimum absolute atomic E-state index is 0.320. The number of ether oxygens (including phenoxy) is 1. The number of rotatable bonds is 5. The number of thiophene rings is 2. The van der Waals surface area contributed by atoms with E-state index in [0.29, 0.717) is 6.54 Å². The highest BCUT2D eigenvalue weighted by atomic mass is 32.1. The van der Waals surface area contributed by atoms with Crippen LogP contribution in [0.2, 0.25) is 0 Å². The number of aryl methyl sites for hydroxylation is 2. The van der Waals surface area contributed by atoms with Crippen LogP contribution >= 0.6 is 34.2 Å². The van der Waals surface area contributed by atoms with E-state index < -0.39 is 5.60 Å². The highest BCUT2D eigenvalue weighted by molar-refractivity contribution is 7.25. The molecule has 0 N–H and O–H groups in total. The molecule has 0 aliphatic rings. The summed E-state index contributed by atoms with van der Waals surface area (Å²) in [4.78, 5) is 17.2. The van der Waals surface area contributed by atoms with E-state index >= 15 is 0 Å². The summed E-state index contributed by atoms with van der Waals surface area (Å²) in [6.45, 7) is 10.5. The number of amides is 1. The fourth-order valence-electron chi connectivity index (χ4n) is 2.67. The molecule has 26 heavy (non-hydrogen) atoms. The van der Waals surface area contributed by atoms with Crippen molar-refractivity contribution in [2.45, 2.75) is 59.6 Å². The van der Waals surface area contributed by atoms with Crippen molar-refractivity contribution in [3.8, 4) is 0 Å². The number of anilines is 1. The Labute approximate surface area is 166 Å². The Bertz CT molecular complexity index is 888. The molecule has 1 amide bonds. The maximum Gasteiger partial charge on any atom is 0.415 e. The molecule has 0 atom stereocenters. The first kappa shape index (κ1) is 19.3. The fraction of sp³-hybridized carbons (Fsp3) is 0.474. The van der Waals surface area contributed by atoms with Crippen LogP contribution in [0, 0.1) is 6.92 Å². The van der Waals surface area contributed by atoms with Gasteiger partial charge in [-0.2, -0.15) is 4.37 Å². The van der Waals surface area contributed by atoms with Crippen LogP contribution < -0.4 is 4.90 Å². The van der Waals surface area contributed by atoms with Crippen LogP contribution in [0.25, 0.3) is 10.2 Å². The number of aromatic nitrogens is 1. The quantitative estimate of drug-likeness (QED) is 0.476. The monoisotopic (exact) mass is 408 g/mol. The van der Waals surface area contributed by atoms with E-state index in [1.807, 2.05) is 38.3 Å². The Balaban J connectivity index is 2.02. The molecule has 4 nitrogen and oxygen atoms in total. The van der Waals surface area contributed by atoms with Gasteiger partial charge in [0.2, 0.25) is 0 Å². The average molecular weight is 409 g/mol. The van der Waals surface area contributed by atoms with Gasteiger partial charge in [-0.05, 0) is 62.7 Å². The van der Waals surface area contributed by atoms with E-state index in [4.69, 9.17) is 4.74 Å². The van der Waals surface area contributed by atoms with Crippen molar-refractivity contribution in [1.82, 2.24) is 4.37 Å². The summed E-state index contributed by atoms with van der Waals surface area (Å²) in [6, 6.07) is 4.05. The molecule has 0 saturated carbocycles. The summed E-state index contributed by atoms with van der Waals surface area (Å²) in [7, 11) is 0. The highest BCUT2D eigenvalue weighted by Gasteiger charge is 2.28. The molecule has 0 saturated heterocycles. The molecule has 0 bridgehead atoms. The van der Waals surface area contributed by atoms with Crippen molar-refractivity contribution in [2.24, 2.45) is 0 Å². The first-order valence-electron chi connectivity index (χ1n) is 8.70. The molecule has 0 unspecified atom stereocenters. The SMILES string of the molecule is CCCc1sc2c(N(Cc3cccs3)C(=O)OC(C)(C)C)snc2c1C. The van der Waals surface area contributed by atoms with E-state index in [1.165, 1.54) is 22.0 Å². The molecule has 3 rings (SSSR count). The summed E-state index contributed by atoms with van der Waals surface area (Å²) >= 11 is 4.79. The average Bonchev–Trinajstić information content (AvgIpc) is 3.24. The van der Waals surface area contributed by atoms with Crippen molar-refractivity contribution < 1.29 is 9.53 Å². The van der Waals surface area contributed by atoms with E-state index in [0.717, 1.165) is 32.9 Å².